The first-order valence-corrected chi connectivity index (χ1v) is 6.92. The highest BCUT2D eigenvalue weighted by Crippen LogP contribution is 2.34. The first kappa shape index (κ1) is 14.6. The number of hydrogen-bond acceptors (Lipinski definition) is 2. The second kappa shape index (κ2) is 5.83. The van der Waals surface area contributed by atoms with Gasteiger partial charge in [0.05, 0.1) is 11.9 Å². The molecule has 4 nitrogen and oxygen atoms in total. The number of pyridine rings is 1. The lowest BCUT2D eigenvalue weighted by Gasteiger charge is -2.03. The van der Waals surface area contributed by atoms with Gasteiger partial charge in [0.1, 0.15) is 5.65 Å². The van der Waals surface area contributed by atoms with E-state index in [-0.39, 0.29) is 12.4 Å². The van der Waals surface area contributed by atoms with Gasteiger partial charge in [-0.15, -0.1) is 12.4 Å². The van der Waals surface area contributed by atoms with Gasteiger partial charge >= 0.3 is 0 Å². The van der Waals surface area contributed by atoms with Crippen molar-refractivity contribution in [2.24, 2.45) is 0 Å². The summed E-state index contributed by atoms with van der Waals surface area (Å²) in [7, 11) is 0. The van der Waals surface area contributed by atoms with E-state index in [1.54, 1.807) is 6.20 Å². The molecular formula is C16H12Cl2N4. The fourth-order valence-electron chi connectivity index (χ4n) is 2.53. The van der Waals surface area contributed by atoms with Crippen LogP contribution in [0.4, 0.5) is 0 Å². The minimum absolute atomic E-state index is 0. The molecule has 0 amide bonds. The number of hydrogen-bond donors (Lipinski definition) is 2. The number of nitrogens with one attached hydrogen (secondary N) is 2. The number of halogens is 2. The Morgan fingerprint density at radius 1 is 1.05 bits per heavy atom. The lowest BCUT2D eigenvalue weighted by Crippen LogP contribution is -1.82. The van der Waals surface area contributed by atoms with Gasteiger partial charge in [-0.05, 0) is 29.8 Å². The molecule has 3 heterocycles. The van der Waals surface area contributed by atoms with Crippen molar-refractivity contribution in [1.82, 2.24) is 20.2 Å². The quantitative estimate of drug-likeness (QED) is 0.559. The zero-order chi connectivity index (χ0) is 14.2. The zero-order valence-electron chi connectivity index (χ0n) is 11.4. The summed E-state index contributed by atoms with van der Waals surface area (Å²) in [4.78, 5) is 7.50. The number of H-pyrrole nitrogens is 2. The van der Waals surface area contributed by atoms with Crippen molar-refractivity contribution >= 4 is 35.0 Å². The van der Waals surface area contributed by atoms with E-state index in [9.17, 15) is 0 Å². The van der Waals surface area contributed by atoms with Crippen molar-refractivity contribution in [2.75, 3.05) is 0 Å². The first-order chi connectivity index (χ1) is 10.3. The van der Waals surface area contributed by atoms with Crippen LogP contribution in [0.5, 0.6) is 0 Å². The van der Waals surface area contributed by atoms with E-state index < -0.39 is 0 Å². The minimum atomic E-state index is 0. The van der Waals surface area contributed by atoms with E-state index in [4.69, 9.17) is 11.6 Å². The van der Waals surface area contributed by atoms with Crippen molar-refractivity contribution in [3.05, 3.63) is 60.0 Å². The molecule has 0 aliphatic heterocycles. The Balaban J connectivity index is 0.00000144. The fraction of sp³-hybridized carbons (Fsp3) is 0. The molecule has 1 aromatic carbocycles. The second-order valence-electron chi connectivity index (χ2n) is 4.77. The highest BCUT2D eigenvalue weighted by Gasteiger charge is 2.14. The third-order valence-electron chi connectivity index (χ3n) is 3.50. The predicted molar refractivity (Wildman–Crippen MR) is 91.4 cm³/mol. The van der Waals surface area contributed by atoms with Crippen LogP contribution in [-0.4, -0.2) is 20.2 Å². The fourth-order valence-corrected chi connectivity index (χ4v) is 2.72. The molecule has 3 aromatic heterocycles. The highest BCUT2D eigenvalue weighted by molar-refractivity contribution is 6.30. The van der Waals surface area contributed by atoms with Gasteiger partial charge in [-0.1, -0.05) is 23.7 Å². The summed E-state index contributed by atoms with van der Waals surface area (Å²) in [5, 5.41) is 9.03. The Morgan fingerprint density at radius 2 is 1.95 bits per heavy atom. The maximum Gasteiger partial charge on any atom is 0.137 e. The molecule has 0 saturated carbocycles. The Kier molecular flexibility index (Phi) is 3.88. The summed E-state index contributed by atoms with van der Waals surface area (Å²) in [5.41, 5.74) is 4.91. The molecule has 0 spiro atoms. The van der Waals surface area contributed by atoms with Gasteiger partial charge in [0.25, 0.3) is 0 Å². The largest absolute Gasteiger partial charge is 0.345 e. The van der Waals surface area contributed by atoms with Gasteiger partial charge < -0.3 is 4.98 Å². The Labute approximate surface area is 138 Å². The van der Waals surface area contributed by atoms with Crippen LogP contribution in [0.25, 0.3) is 33.4 Å². The predicted octanol–water partition coefficient (Wildman–Crippen LogP) is 4.70. The van der Waals surface area contributed by atoms with Gasteiger partial charge in [0.15, 0.2) is 0 Å². The Hall–Kier alpha value is -2.30. The van der Waals surface area contributed by atoms with E-state index >= 15 is 0 Å². The van der Waals surface area contributed by atoms with Crippen LogP contribution in [-0.2, 0) is 0 Å². The number of rotatable bonds is 2. The van der Waals surface area contributed by atoms with E-state index in [2.05, 4.69) is 20.2 Å². The number of benzene rings is 1. The Bertz CT molecular complexity index is 926. The average Bonchev–Trinajstić information content (AvgIpc) is 3.13. The number of aromatic amines is 2. The van der Waals surface area contributed by atoms with Crippen molar-refractivity contribution in [3.63, 3.8) is 0 Å². The van der Waals surface area contributed by atoms with Gasteiger partial charge in [-0.25, -0.2) is 4.98 Å². The van der Waals surface area contributed by atoms with Crippen LogP contribution >= 0.6 is 24.0 Å². The van der Waals surface area contributed by atoms with Gasteiger partial charge in [0, 0.05) is 33.9 Å². The molecule has 2 N–H and O–H groups in total. The van der Waals surface area contributed by atoms with Gasteiger partial charge in [0.2, 0.25) is 0 Å². The van der Waals surface area contributed by atoms with Crippen molar-refractivity contribution in [3.8, 4) is 22.4 Å². The van der Waals surface area contributed by atoms with Crippen molar-refractivity contribution in [2.45, 2.75) is 0 Å². The standard InChI is InChI=1S/C16H11ClN4.ClH/c17-11-4-1-3-10(7-11)13-9-20-21-15(13)14-8-19-16-12(14)5-2-6-18-16;/h1-9H,(H,18,19)(H,20,21);1H. The molecule has 0 fully saturated rings. The molecule has 22 heavy (non-hydrogen) atoms. The van der Waals surface area contributed by atoms with E-state index in [1.807, 2.05) is 48.8 Å². The number of nitrogens with zero attached hydrogens (tertiary/aromatic N) is 2. The van der Waals surface area contributed by atoms with Crippen molar-refractivity contribution < 1.29 is 0 Å². The normalized spacial score (nSPS) is 10.6. The molecule has 0 radical (unpaired) electrons. The summed E-state index contributed by atoms with van der Waals surface area (Å²) in [6.45, 7) is 0. The van der Waals surface area contributed by atoms with Crippen LogP contribution in [0.1, 0.15) is 0 Å². The second-order valence-corrected chi connectivity index (χ2v) is 5.21. The molecule has 0 unspecified atom stereocenters. The molecular weight excluding hydrogens is 319 g/mol. The maximum atomic E-state index is 6.09. The number of aromatic nitrogens is 4. The lowest BCUT2D eigenvalue weighted by molar-refractivity contribution is 1.10. The van der Waals surface area contributed by atoms with Gasteiger partial charge in [-0.2, -0.15) is 5.10 Å². The minimum Gasteiger partial charge on any atom is -0.345 e. The van der Waals surface area contributed by atoms with E-state index in [1.165, 1.54) is 0 Å². The molecule has 0 atom stereocenters. The maximum absolute atomic E-state index is 6.09. The SMILES string of the molecule is Cl.Clc1cccc(-c2cn[nH]c2-c2c[nH]c3ncccc23)c1. The molecule has 4 rings (SSSR count). The molecule has 0 aliphatic carbocycles. The molecule has 110 valence electrons. The first-order valence-electron chi connectivity index (χ1n) is 6.55. The topological polar surface area (TPSA) is 57.4 Å². The number of fused-ring (bicyclic) bond motifs is 1. The lowest BCUT2D eigenvalue weighted by atomic mass is 10.0. The van der Waals surface area contributed by atoms with E-state index in [0.29, 0.717) is 5.02 Å². The summed E-state index contributed by atoms with van der Waals surface area (Å²) in [6.07, 6.45) is 5.53. The molecule has 0 aliphatic rings. The monoisotopic (exact) mass is 330 g/mol. The highest BCUT2D eigenvalue weighted by atomic mass is 35.5. The summed E-state index contributed by atoms with van der Waals surface area (Å²) < 4.78 is 0. The van der Waals surface area contributed by atoms with Crippen LogP contribution in [0.15, 0.2) is 55.0 Å². The Morgan fingerprint density at radius 3 is 2.82 bits per heavy atom. The molecule has 4 aromatic rings. The molecule has 6 heteroatoms. The van der Waals surface area contributed by atoms with Crippen LogP contribution in [0.2, 0.25) is 5.02 Å². The summed E-state index contributed by atoms with van der Waals surface area (Å²) in [5.74, 6) is 0. The third kappa shape index (κ3) is 2.36. The van der Waals surface area contributed by atoms with Crippen LogP contribution in [0, 0.1) is 0 Å². The smallest absolute Gasteiger partial charge is 0.137 e. The van der Waals surface area contributed by atoms with Crippen LogP contribution < -0.4 is 0 Å². The summed E-state index contributed by atoms with van der Waals surface area (Å²) in [6, 6.07) is 11.7. The zero-order valence-corrected chi connectivity index (χ0v) is 12.9. The molecule has 0 saturated heterocycles. The van der Waals surface area contributed by atoms with Crippen molar-refractivity contribution in [1.29, 1.82) is 0 Å². The van der Waals surface area contributed by atoms with E-state index in [0.717, 1.165) is 33.4 Å². The third-order valence-corrected chi connectivity index (χ3v) is 3.73. The summed E-state index contributed by atoms with van der Waals surface area (Å²) >= 11 is 6.09. The van der Waals surface area contributed by atoms with Gasteiger partial charge in [-0.3, -0.25) is 5.10 Å². The molecule has 0 bridgehead atoms. The van der Waals surface area contributed by atoms with Crippen LogP contribution in [0.3, 0.4) is 0 Å². The average molecular weight is 331 g/mol.